The molecule has 3 heterocycles. The third kappa shape index (κ3) is 3.79. The molecule has 0 radical (unpaired) electrons. The molecule has 0 bridgehead atoms. The lowest BCUT2D eigenvalue weighted by Crippen LogP contribution is -2.47. The topological polar surface area (TPSA) is 50.1 Å². The Kier molecular flexibility index (Phi) is 4.88. The number of aromatic nitrogens is 4. The zero-order valence-corrected chi connectivity index (χ0v) is 14.5. The first kappa shape index (κ1) is 16.0. The molecule has 0 atom stereocenters. The lowest BCUT2D eigenvalue weighted by Gasteiger charge is -2.34. The molecule has 0 amide bonds. The van der Waals surface area contributed by atoms with Gasteiger partial charge in [0, 0.05) is 50.5 Å². The molecule has 2 aromatic heterocycles. The molecule has 0 N–H and O–H groups in total. The van der Waals surface area contributed by atoms with Crippen molar-refractivity contribution < 1.29 is 0 Å². The number of benzene rings is 1. The zero-order chi connectivity index (χ0) is 16.9. The maximum atomic E-state index is 4.51. The van der Waals surface area contributed by atoms with Crippen molar-refractivity contribution in [2.75, 3.05) is 37.6 Å². The highest BCUT2D eigenvalue weighted by atomic mass is 15.3. The molecule has 0 unspecified atom stereocenters. The van der Waals surface area contributed by atoms with Gasteiger partial charge in [-0.3, -0.25) is 9.58 Å². The van der Waals surface area contributed by atoms with Crippen LogP contribution in [0.1, 0.15) is 12.8 Å². The molecular formula is C19H24N6. The van der Waals surface area contributed by atoms with Crippen molar-refractivity contribution in [2.24, 2.45) is 0 Å². The van der Waals surface area contributed by atoms with Crippen molar-refractivity contribution in [3.8, 4) is 0 Å². The highest BCUT2D eigenvalue weighted by Crippen LogP contribution is 2.14. The molecule has 4 rings (SSSR count). The molecule has 3 aromatic rings. The van der Waals surface area contributed by atoms with Gasteiger partial charge in [0.25, 0.3) is 0 Å². The van der Waals surface area contributed by atoms with Crippen LogP contribution in [0.4, 0.5) is 5.95 Å². The van der Waals surface area contributed by atoms with Gasteiger partial charge in [0.15, 0.2) is 0 Å². The summed E-state index contributed by atoms with van der Waals surface area (Å²) in [5.41, 5.74) is 1.24. The lowest BCUT2D eigenvalue weighted by atomic mass is 10.2. The van der Waals surface area contributed by atoms with Crippen LogP contribution in [-0.2, 0) is 6.54 Å². The summed E-state index contributed by atoms with van der Waals surface area (Å²) in [7, 11) is 0. The van der Waals surface area contributed by atoms with E-state index in [1.807, 2.05) is 24.7 Å². The number of unbranched alkanes of at least 4 members (excludes halogenated alkanes) is 1. The predicted molar refractivity (Wildman–Crippen MR) is 99.7 cm³/mol. The molecule has 1 saturated heterocycles. The summed E-state index contributed by atoms with van der Waals surface area (Å²) in [6.07, 6.45) is 7.95. The Hall–Kier alpha value is -2.47. The summed E-state index contributed by atoms with van der Waals surface area (Å²) < 4.78 is 2.13. The van der Waals surface area contributed by atoms with Crippen LogP contribution >= 0.6 is 0 Å². The van der Waals surface area contributed by atoms with Crippen LogP contribution in [0.3, 0.4) is 0 Å². The average molecular weight is 336 g/mol. The minimum atomic E-state index is 0.854. The van der Waals surface area contributed by atoms with Crippen LogP contribution in [0, 0.1) is 0 Å². The van der Waals surface area contributed by atoms with E-state index in [0.29, 0.717) is 0 Å². The van der Waals surface area contributed by atoms with Gasteiger partial charge in [-0.25, -0.2) is 9.97 Å². The summed E-state index contributed by atoms with van der Waals surface area (Å²) in [4.78, 5) is 13.5. The summed E-state index contributed by atoms with van der Waals surface area (Å²) >= 11 is 0. The number of rotatable bonds is 6. The molecule has 0 aliphatic carbocycles. The van der Waals surface area contributed by atoms with Crippen molar-refractivity contribution in [1.82, 2.24) is 24.6 Å². The van der Waals surface area contributed by atoms with E-state index in [4.69, 9.17) is 0 Å². The van der Waals surface area contributed by atoms with E-state index < -0.39 is 0 Å². The van der Waals surface area contributed by atoms with E-state index in [1.165, 1.54) is 17.3 Å². The van der Waals surface area contributed by atoms with Crippen molar-refractivity contribution in [3.63, 3.8) is 0 Å². The molecule has 130 valence electrons. The molecule has 1 aliphatic rings. The molecular weight excluding hydrogens is 312 g/mol. The van der Waals surface area contributed by atoms with Gasteiger partial charge in [-0.05, 0) is 31.5 Å². The first-order valence-corrected chi connectivity index (χ1v) is 9.05. The highest BCUT2D eigenvalue weighted by molar-refractivity contribution is 5.78. The van der Waals surface area contributed by atoms with E-state index in [0.717, 1.165) is 51.6 Å². The summed E-state index contributed by atoms with van der Waals surface area (Å²) in [6, 6.07) is 10.3. The first-order chi connectivity index (χ1) is 12.4. The van der Waals surface area contributed by atoms with Crippen LogP contribution < -0.4 is 4.90 Å². The minimum Gasteiger partial charge on any atom is -0.338 e. The van der Waals surface area contributed by atoms with E-state index >= 15 is 0 Å². The average Bonchev–Trinajstić information content (AvgIpc) is 3.10. The molecule has 6 heteroatoms. The number of para-hydroxylation sites is 1. The van der Waals surface area contributed by atoms with Crippen molar-refractivity contribution in [2.45, 2.75) is 19.4 Å². The zero-order valence-electron chi connectivity index (χ0n) is 14.5. The van der Waals surface area contributed by atoms with Gasteiger partial charge < -0.3 is 4.90 Å². The molecule has 0 spiro atoms. The van der Waals surface area contributed by atoms with Crippen molar-refractivity contribution in [3.05, 3.63) is 48.9 Å². The van der Waals surface area contributed by atoms with Gasteiger partial charge in [-0.15, -0.1) is 0 Å². The SMILES string of the molecule is c1cnc(N2CCN(CCCCn3ncc4ccccc43)CC2)nc1. The number of piperazine rings is 1. The number of hydrogen-bond acceptors (Lipinski definition) is 5. The van der Waals surface area contributed by atoms with Gasteiger partial charge in [-0.2, -0.15) is 5.10 Å². The van der Waals surface area contributed by atoms with Gasteiger partial charge in [-0.1, -0.05) is 18.2 Å². The van der Waals surface area contributed by atoms with E-state index in [2.05, 4.69) is 53.8 Å². The maximum Gasteiger partial charge on any atom is 0.225 e. The number of anilines is 1. The number of aryl methyl sites for hydroxylation is 1. The monoisotopic (exact) mass is 336 g/mol. The minimum absolute atomic E-state index is 0.854. The van der Waals surface area contributed by atoms with Crippen molar-refractivity contribution >= 4 is 16.9 Å². The Labute approximate surface area is 148 Å². The summed E-state index contributed by atoms with van der Waals surface area (Å²) in [6.45, 7) is 6.33. The van der Waals surface area contributed by atoms with Crippen LogP contribution in [0.2, 0.25) is 0 Å². The maximum absolute atomic E-state index is 4.51. The Morgan fingerprint density at radius 2 is 1.60 bits per heavy atom. The Bertz CT molecular complexity index is 792. The number of nitrogens with zero attached hydrogens (tertiary/aromatic N) is 6. The largest absolute Gasteiger partial charge is 0.338 e. The fourth-order valence-corrected chi connectivity index (χ4v) is 3.43. The quantitative estimate of drug-likeness (QED) is 0.647. The van der Waals surface area contributed by atoms with E-state index in [1.54, 1.807) is 0 Å². The van der Waals surface area contributed by atoms with Crippen LogP contribution in [0.15, 0.2) is 48.9 Å². The molecule has 1 fully saturated rings. The second-order valence-corrected chi connectivity index (χ2v) is 6.51. The Morgan fingerprint density at radius 3 is 2.44 bits per heavy atom. The predicted octanol–water partition coefficient (Wildman–Crippen LogP) is 2.43. The van der Waals surface area contributed by atoms with E-state index in [-0.39, 0.29) is 0 Å². The van der Waals surface area contributed by atoms with Gasteiger partial charge >= 0.3 is 0 Å². The molecule has 6 nitrogen and oxygen atoms in total. The number of hydrogen-bond donors (Lipinski definition) is 0. The first-order valence-electron chi connectivity index (χ1n) is 9.05. The summed E-state index contributed by atoms with van der Waals surface area (Å²) in [5.74, 6) is 0.854. The second-order valence-electron chi connectivity index (χ2n) is 6.51. The smallest absolute Gasteiger partial charge is 0.225 e. The van der Waals surface area contributed by atoms with Gasteiger partial charge in [0.05, 0.1) is 11.7 Å². The van der Waals surface area contributed by atoms with Crippen LogP contribution in [0.25, 0.3) is 10.9 Å². The fourth-order valence-electron chi connectivity index (χ4n) is 3.43. The van der Waals surface area contributed by atoms with Crippen LogP contribution in [-0.4, -0.2) is 57.4 Å². The number of fused-ring (bicyclic) bond motifs is 1. The summed E-state index contributed by atoms with van der Waals surface area (Å²) in [5, 5.41) is 5.73. The standard InChI is InChI=1S/C19H24N6/c1-2-7-18-17(6-1)16-22-25(18)11-4-3-10-23-12-14-24(15-13-23)19-20-8-5-9-21-19/h1-2,5-9,16H,3-4,10-15H2. The normalized spacial score (nSPS) is 15.8. The highest BCUT2D eigenvalue weighted by Gasteiger charge is 2.18. The van der Waals surface area contributed by atoms with Crippen LogP contribution in [0.5, 0.6) is 0 Å². The van der Waals surface area contributed by atoms with Crippen molar-refractivity contribution in [1.29, 1.82) is 0 Å². The lowest BCUT2D eigenvalue weighted by molar-refractivity contribution is 0.250. The van der Waals surface area contributed by atoms with Gasteiger partial charge in [0.2, 0.25) is 5.95 Å². The second kappa shape index (κ2) is 7.61. The molecule has 25 heavy (non-hydrogen) atoms. The fraction of sp³-hybridized carbons (Fsp3) is 0.421. The third-order valence-electron chi connectivity index (χ3n) is 4.85. The van der Waals surface area contributed by atoms with E-state index in [9.17, 15) is 0 Å². The Morgan fingerprint density at radius 1 is 0.840 bits per heavy atom. The molecule has 1 aliphatic heterocycles. The third-order valence-corrected chi connectivity index (χ3v) is 4.85. The molecule has 1 aromatic carbocycles. The Balaban J connectivity index is 1.20. The molecule has 0 saturated carbocycles. The van der Waals surface area contributed by atoms with Gasteiger partial charge in [0.1, 0.15) is 0 Å².